The van der Waals surface area contributed by atoms with E-state index in [0.717, 1.165) is 0 Å². The highest BCUT2D eigenvalue weighted by Crippen LogP contribution is 2.19. The van der Waals surface area contributed by atoms with Crippen molar-refractivity contribution in [2.75, 3.05) is 5.88 Å². The fourth-order valence-electron chi connectivity index (χ4n) is 1.57. The molecule has 0 saturated carbocycles. The lowest BCUT2D eigenvalue weighted by Gasteiger charge is -2.35. The average molecular weight is 258 g/mol. The predicted octanol–water partition coefficient (Wildman–Crippen LogP) is 3.19. The molecule has 0 fully saturated rings. The summed E-state index contributed by atoms with van der Waals surface area (Å²) in [5.74, 6) is -0.585. The van der Waals surface area contributed by atoms with Crippen LogP contribution in [0.1, 0.15) is 26.3 Å². The zero-order chi connectivity index (χ0) is 13.1. The smallest absolute Gasteiger partial charge is 0.238 e. The Kier molecular flexibility index (Phi) is 4.52. The van der Waals surface area contributed by atoms with Crippen molar-refractivity contribution in [1.82, 2.24) is 4.90 Å². The van der Waals surface area contributed by atoms with E-state index in [1.54, 1.807) is 23.1 Å². The molecule has 2 nitrogen and oxygen atoms in total. The Bertz CT molecular complexity index is 401. The van der Waals surface area contributed by atoms with E-state index < -0.39 is 0 Å². The molecule has 1 aromatic carbocycles. The third-order valence-corrected chi connectivity index (χ3v) is 2.74. The van der Waals surface area contributed by atoms with Crippen molar-refractivity contribution in [2.24, 2.45) is 0 Å². The molecule has 0 heterocycles. The molecule has 17 heavy (non-hydrogen) atoms. The van der Waals surface area contributed by atoms with E-state index in [4.69, 9.17) is 11.6 Å². The lowest BCUT2D eigenvalue weighted by molar-refractivity contribution is -0.134. The third-order valence-electron chi connectivity index (χ3n) is 2.51. The Morgan fingerprint density at radius 3 is 2.41 bits per heavy atom. The van der Waals surface area contributed by atoms with Crippen LogP contribution >= 0.6 is 11.6 Å². The van der Waals surface area contributed by atoms with Gasteiger partial charge in [-0.2, -0.15) is 0 Å². The molecule has 4 heteroatoms. The standard InChI is InChI=1S/C13H17ClFNO/c1-13(2,3)16(12(17)8-14)9-10-6-4-5-7-11(10)15/h4-7H,8-9H2,1-3H3. The van der Waals surface area contributed by atoms with Crippen molar-refractivity contribution in [3.05, 3.63) is 35.6 Å². The maximum absolute atomic E-state index is 13.5. The highest BCUT2D eigenvalue weighted by molar-refractivity contribution is 6.27. The minimum absolute atomic E-state index is 0.0915. The molecule has 0 aliphatic rings. The Hall–Kier alpha value is -1.09. The molecule has 0 radical (unpaired) electrons. The second kappa shape index (κ2) is 5.50. The minimum Gasteiger partial charge on any atom is -0.332 e. The summed E-state index contributed by atoms with van der Waals surface area (Å²) >= 11 is 5.57. The molecule has 1 aromatic rings. The predicted molar refractivity (Wildman–Crippen MR) is 67.4 cm³/mol. The van der Waals surface area contributed by atoms with Crippen LogP contribution in [0.25, 0.3) is 0 Å². The zero-order valence-corrected chi connectivity index (χ0v) is 11.1. The van der Waals surface area contributed by atoms with E-state index in [1.807, 2.05) is 20.8 Å². The van der Waals surface area contributed by atoms with E-state index in [0.29, 0.717) is 5.56 Å². The van der Waals surface area contributed by atoms with Crippen LogP contribution in [0.4, 0.5) is 4.39 Å². The summed E-state index contributed by atoms with van der Waals surface area (Å²) in [5.41, 5.74) is 0.120. The van der Waals surface area contributed by atoms with Gasteiger partial charge in [0.25, 0.3) is 0 Å². The van der Waals surface area contributed by atoms with Gasteiger partial charge in [-0.05, 0) is 26.8 Å². The number of halogens is 2. The van der Waals surface area contributed by atoms with Gasteiger partial charge in [-0.3, -0.25) is 4.79 Å². The Morgan fingerprint density at radius 2 is 1.94 bits per heavy atom. The Balaban J connectivity index is 2.95. The van der Waals surface area contributed by atoms with Gasteiger partial charge in [0.2, 0.25) is 5.91 Å². The van der Waals surface area contributed by atoms with Crippen LogP contribution in [0.2, 0.25) is 0 Å². The van der Waals surface area contributed by atoms with Gasteiger partial charge in [0.1, 0.15) is 11.7 Å². The van der Waals surface area contributed by atoms with Crippen molar-refractivity contribution in [2.45, 2.75) is 32.9 Å². The molecule has 1 rings (SSSR count). The zero-order valence-electron chi connectivity index (χ0n) is 10.3. The van der Waals surface area contributed by atoms with Crippen molar-refractivity contribution in [3.63, 3.8) is 0 Å². The molecule has 0 unspecified atom stereocenters. The molecule has 0 spiro atoms. The summed E-state index contributed by atoms with van der Waals surface area (Å²) in [5, 5.41) is 0. The van der Waals surface area contributed by atoms with Gasteiger partial charge < -0.3 is 4.90 Å². The highest BCUT2D eigenvalue weighted by Gasteiger charge is 2.26. The van der Waals surface area contributed by atoms with E-state index in [1.165, 1.54) is 6.07 Å². The number of rotatable bonds is 3. The molecule has 94 valence electrons. The minimum atomic E-state index is -0.381. The van der Waals surface area contributed by atoms with Crippen LogP contribution in [0.3, 0.4) is 0 Å². The number of hydrogen-bond donors (Lipinski definition) is 0. The maximum Gasteiger partial charge on any atom is 0.238 e. The van der Waals surface area contributed by atoms with Gasteiger partial charge in [0, 0.05) is 17.6 Å². The number of hydrogen-bond acceptors (Lipinski definition) is 1. The summed E-state index contributed by atoms with van der Waals surface area (Å²) in [6.45, 7) is 5.94. The van der Waals surface area contributed by atoms with E-state index in [9.17, 15) is 9.18 Å². The van der Waals surface area contributed by atoms with Gasteiger partial charge >= 0.3 is 0 Å². The maximum atomic E-state index is 13.5. The van der Waals surface area contributed by atoms with E-state index in [2.05, 4.69) is 0 Å². The summed E-state index contributed by atoms with van der Waals surface area (Å²) < 4.78 is 13.5. The molecular formula is C13H17ClFNO. The number of amides is 1. The second-order valence-corrected chi connectivity index (χ2v) is 5.14. The topological polar surface area (TPSA) is 20.3 Å². The summed E-state index contributed by atoms with van der Waals surface area (Å²) in [6.07, 6.45) is 0. The van der Waals surface area contributed by atoms with Crippen LogP contribution in [0, 0.1) is 5.82 Å². The van der Waals surface area contributed by atoms with Crippen LogP contribution in [-0.2, 0) is 11.3 Å². The van der Waals surface area contributed by atoms with Crippen LogP contribution in [-0.4, -0.2) is 22.2 Å². The van der Waals surface area contributed by atoms with Crippen LogP contribution in [0.5, 0.6) is 0 Å². The quantitative estimate of drug-likeness (QED) is 0.762. The van der Waals surface area contributed by atoms with Crippen molar-refractivity contribution in [3.8, 4) is 0 Å². The largest absolute Gasteiger partial charge is 0.332 e. The first-order chi connectivity index (χ1) is 7.86. The van der Waals surface area contributed by atoms with Gasteiger partial charge in [-0.1, -0.05) is 18.2 Å². The van der Waals surface area contributed by atoms with Crippen LogP contribution < -0.4 is 0 Å². The summed E-state index contributed by atoms with van der Waals surface area (Å²) in [6, 6.07) is 6.45. The molecular weight excluding hydrogens is 241 g/mol. The number of benzene rings is 1. The summed E-state index contributed by atoms with van der Waals surface area (Å²) in [7, 11) is 0. The lowest BCUT2D eigenvalue weighted by atomic mass is 10.0. The van der Waals surface area contributed by atoms with Crippen molar-refractivity contribution < 1.29 is 9.18 Å². The number of carbonyl (C=O) groups excluding carboxylic acids is 1. The number of carbonyl (C=O) groups is 1. The molecule has 0 bridgehead atoms. The van der Waals surface area contributed by atoms with Crippen LogP contribution in [0.15, 0.2) is 24.3 Å². The number of nitrogens with zero attached hydrogens (tertiary/aromatic N) is 1. The second-order valence-electron chi connectivity index (χ2n) is 4.88. The molecule has 0 aliphatic heterocycles. The average Bonchev–Trinajstić information content (AvgIpc) is 2.25. The van der Waals surface area contributed by atoms with E-state index in [-0.39, 0.29) is 29.7 Å². The first kappa shape index (κ1) is 14.0. The molecule has 0 aromatic heterocycles. The molecule has 0 aliphatic carbocycles. The molecule has 0 N–H and O–H groups in total. The van der Waals surface area contributed by atoms with E-state index >= 15 is 0 Å². The SMILES string of the molecule is CC(C)(C)N(Cc1ccccc1F)C(=O)CCl. The normalized spacial score (nSPS) is 11.4. The van der Waals surface area contributed by atoms with Gasteiger partial charge in [-0.25, -0.2) is 4.39 Å². The fraction of sp³-hybridized carbons (Fsp3) is 0.462. The number of alkyl halides is 1. The van der Waals surface area contributed by atoms with Crippen molar-refractivity contribution in [1.29, 1.82) is 0 Å². The van der Waals surface area contributed by atoms with Gasteiger partial charge in [-0.15, -0.1) is 11.6 Å². The van der Waals surface area contributed by atoms with Gasteiger partial charge in [0.05, 0.1) is 0 Å². The first-order valence-electron chi connectivity index (χ1n) is 5.46. The molecule has 0 saturated heterocycles. The third kappa shape index (κ3) is 3.70. The first-order valence-corrected chi connectivity index (χ1v) is 5.99. The lowest BCUT2D eigenvalue weighted by Crippen LogP contribution is -2.45. The molecule has 0 atom stereocenters. The van der Waals surface area contributed by atoms with Crippen molar-refractivity contribution >= 4 is 17.5 Å². The summed E-state index contributed by atoms with van der Waals surface area (Å²) in [4.78, 5) is 13.3. The Morgan fingerprint density at radius 1 is 1.35 bits per heavy atom. The Labute approximate surface area is 106 Å². The van der Waals surface area contributed by atoms with Gasteiger partial charge in [0.15, 0.2) is 0 Å². The fourth-order valence-corrected chi connectivity index (χ4v) is 1.71. The molecule has 1 amide bonds. The monoisotopic (exact) mass is 257 g/mol. The highest BCUT2D eigenvalue weighted by atomic mass is 35.5.